The highest BCUT2D eigenvalue weighted by Crippen LogP contribution is 2.42. The van der Waals surface area contributed by atoms with E-state index in [0.717, 1.165) is 90.2 Å². The fraction of sp³-hybridized carbons (Fsp3) is 0.0392. The summed E-state index contributed by atoms with van der Waals surface area (Å²) in [6.07, 6.45) is 6.67. The lowest BCUT2D eigenvalue weighted by Gasteiger charge is -2.12. The van der Waals surface area contributed by atoms with E-state index in [1.54, 1.807) is 0 Å². The van der Waals surface area contributed by atoms with Crippen molar-refractivity contribution >= 4 is 60.9 Å². The van der Waals surface area contributed by atoms with E-state index in [1.807, 2.05) is 72.8 Å². The lowest BCUT2D eigenvalue weighted by Crippen LogP contribution is -2.00. The quantitative estimate of drug-likeness (QED) is 0.176. The second-order valence-electron chi connectivity index (χ2n) is 14.7. The van der Waals surface area contributed by atoms with Gasteiger partial charge in [-0.2, -0.15) is 0 Å². The summed E-state index contributed by atoms with van der Waals surface area (Å²) in [5.74, 6) is 1.78. The van der Waals surface area contributed by atoms with Crippen LogP contribution < -0.4 is 0 Å². The smallest absolute Gasteiger partial charge is 0.167 e. The third-order valence-corrected chi connectivity index (χ3v) is 11.3. The molecule has 268 valence electrons. The number of benzene rings is 7. The number of allylic oxidation sites excluding steroid dienone is 1. The van der Waals surface area contributed by atoms with Gasteiger partial charge in [0.2, 0.25) is 0 Å². The second kappa shape index (κ2) is 12.5. The molecule has 0 fully saturated rings. The summed E-state index contributed by atoms with van der Waals surface area (Å²) in [6, 6.07) is 54.4. The predicted molar refractivity (Wildman–Crippen MR) is 230 cm³/mol. The zero-order chi connectivity index (χ0) is 37.5. The molecule has 1 aliphatic carbocycles. The van der Waals surface area contributed by atoms with Crippen molar-refractivity contribution in [1.82, 2.24) is 19.5 Å². The normalized spacial score (nSPS) is 12.7. The van der Waals surface area contributed by atoms with Crippen molar-refractivity contribution in [1.29, 1.82) is 0 Å². The Bertz CT molecular complexity index is 3350. The van der Waals surface area contributed by atoms with Crippen molar-refractivity contribution in [2.75, 3.05) is 0 Å². The summed E-state index contributed by atoms with van der Waals surface area (Å²) in [7, 11) is 0. The summed E-state index contributed by atoms with van der Waals surface area (Å²) in [6.45, 7) is 0. The number of hydrogen-bond acceptors (Lipinski definition) is 5. The van der Waals surface area contributed by atoms with E-state index >= 15 is 0 Å². The Morgan fingerprint density at radius 1 is 0.474 bits per heavy atom. The molecule has 0 unspecified atom stereocenters. The molecule has 0 bridgehead atoms. The number of aromatic nitrogens is 4. The Morgan fingerprint density at radius 3 is 2.02 bits per heavy atom. The second-order valence-corrected chi connectivity index (χ2v) is 14.7. The standard InChI is InChI=1S/C51H32N4O2/c1-3-13-31(14-4-1)49-52-50(32-15-5-2-6-16-32)54-51(53-49)40-21-11-20-39-47-35(19-12-24-45(47)57-48(39)40)33-25-28-44-41(29-33)38-27-26-34(30-46(38)56-44)55-42-22-9-7-17-36(42)37-18-8-10-23-43(37)55/h1-7,9-17,19-30H,8,18H2. The fourth-order valence-corrected chi connectivity index (χ4v) is 8.73. The van der Waals surface area contributed by atoms with Crippen LogP contribution in [-0.2, 0) is 6.42 Å². The van der Waals surface area contributed by atoms with Gasteiger partial charge in [-0.3, -0.25) is 0 Å². The minimum atomic E-state index is 0.559. The summed E-state index contributed by atoms with van der Waals surface area (Å²) in [5.41, 5.74) is 13.1. The van der Waals surface area contributed by atoms with Crippen LogP contribution in [0.4, 0.5) is 0 Å². The molecule has 0 aliphatic heterocycles. The number of nitrogens with zero attached hydrogens (tertiary/aromatic N) is 4. The molecule has 12 rings (SSSR count). The minimum Gasteiger partial charge on any atom is -0.456 e. The molecule has 0 saturated heterocycles. The lowest BCUT2D eigenvalue weighted by molar-refractivity contribution is 0.668. The molecule has 0 spiro atoms. The Labute approximate surface area is 327 Å². The first-order chi connectivity index (χ1) is 28.2. The molecule has 11 aromatic rings. The van der Waals surface area contributed by atoms with Gasteiger partial charge in [-0.1, -0.05) is 115 Å². The average molecular weight is 733 g/mol. The molecular formula is C51H32N4O2. The molecule has 6 nitrogen and oxygen atoms in total. The fourth-order valence-electron chi connectivity index (χ4n) is 8.73. The van der Waals surface area contributed by atoms with Gasteiger partial charge in [0, 0.05) is 55.5 Å². The number of rotatable bonds is 5. The zero-order valence-electron chi connectivity index (χ0n) is 30.7. The first-order valence-electron chi connectivity index (χ1n) is 19.3. The van der Waals surface area contributed by atoms with E-state index in [9.17, 15) is 0 Å². The van der Waals surface area contributed by atoms with E-state index in [-0.39, 0.29) is 0 Å². The third-order valence-electron chi connectivity index (χ3n) is 11.3. The molecule has 4 heterocycles. The van der Waals surface area contributed by atoms with Gasteiger partial charge in [0.1, 0.15) is 22.3 Å². The van der Waals surface area contributed by atoms with E-state index < -0.39 is 0 Å². The monoisotopic (exact) mass is 732 g/mol. The van der Waals surface area contributed by atoms with Crippen molar-refractivity contribution in [3.8, 4) is 51.0 Å². The van der Waals surface area contributed by atoms with Gasteiger partial charge in [-0.15, -0.1) is 0 Å². The van der Waals surface area contributed by atoms with Crippen molar-refractivity contribution in [2.45, 2.75) is 12.8 Å². The highest BCUT2D eigenvalue weighted by atomic mass is 16.3. The first-order valence-corrected chi connectivity index (χ1v) is 19.3. The van der Waals surface area contributed by atoms with Crippen LogP contribution in [0, 0.1) is 0 Å². The molecule has 0 saturated carbocycles. The van der Waals surface area contributed by atoms with Gasteiger partial charge >= 0.3 is 0 Å². The van der Waals surface area contributed by atoms with Gasteiger partial charge in [-0.05, 0) is 78.1 Å². The topological polar surface area (TPSA) is 69.9 Å². The highest BCUT2D eigenvalue weighted by molar-refractivity contribution is 6.16. The minimum absolute atomic E-state index is 0.559. The van der Waals surface area contributed by atoms with Gasteiger partial charge in [0.05, 0.1) is 11.1 Å². The van der Waals surface area contributed by atoms with Gasteiger partial charge in [-0.25, -0.2) is 15.0 Å². The molecule has 1 aliphatic rings. The van der Waals surface area contributed by atoms with Crippen LogP contribution in [0.2, 0.25) is 0 Å². The molecule has 7 aromatic carbocycles. The number of furan rings is 2. The molecule has 6 heteroatoms. The average Bonchev–Trinajstić information content (AvgIpc) is 3.96. The number of aryl methyl sites for hydroxylation is 1. The lowest BCUT2D eigenvalue weighted by atomic mass is 9.97. The van der Waals surface area contributed by atoms with Crippen LogP contribution in [-0.4, -0.2) is 19.5 Å². The number of fused-ring (bicyclic) bond motifs is 9. The molecule has 4 aromatic heterocycles. The molecule has 0 atom stereocenters. The Hall–Kier alpha value is -7.57. The molecule has 0 N–H and O–H groups in total. The van der Waals surface area contributed by atoms with Crippen LogP contribution >= 0.6 is 0 Å². The zero-order valence-corrected chi connectivity index (χ0v) is 30.7. The van der Waals surface area contributed by atoms with E-state index in [4.69, 9.17) is 23.8 Å². The maximum Gasteiger partial charge on any atom is 0.167 e. The maximum absolute atomic E-state index is 6.73. The van der Waals surface area contributed by atoms with Crippen LogP contribution in [0.15, 0.2) is 173 Å². The van der Waals surface area contributed by atoms with Crippen LogP contribution in [0.1, 0.15) is 17.7 Å². The van der Waals surface area contributed by atoms with Crippen LogP contribution in [0.25, 0.3) is 112 Å². The van der Waals surface area contributed by atoms with Gasteiger partial charge < -0.3 is 13.4 Å². The molecule has 57 heavy (non-hydrogen) atoms. The Balaban J connectivity index is 0.995. The molecular weight excluding hydrogens is 701 g/mol. The number of para-hydroxylation sites is 2. The SMILES string of the molecule is C1=Cc2c(c3ccccc3n2-c2ccc3c(c2)oc2ccc(-c4cccc5oc6c(-c7nc(-c8ccccc8)nc(-c8ccccc8)n7)cccc6c45)cc23)CC1. The molecule has 0 amide bonds. The Kier molecular flexibility index (Phi) is 6.95. The molecule has 0 radical (unpaired) electrons. The van der Waals surface area contributed by atoms with Crippen molar-refractivity contribution < 1.29 is 8.83 Å². The van der Waals surface area contributed by atoms with E-state index in [1.165, 1.54) is 22.2 Å². The summed E-state index contributed by atoms with van der Waals surface area (Å²) >= 11 is 0. The summed E-state index contributed by atoms with van der Waals surface area (Å²) in [5, 5.41) is 5.52. The van der Waals surface area contributed by atoms with Gasteiger partial charge in [0.25, 0.3) is 0 Å². The summed E-state index contributed by atoms with van der Waals surface area (Å²) < 4.78 is 15.7. The van der Waals surface area contributed by atoms with E-state index in [0.29, 0.717) is 17.5 Å². The Morgan fingerprint density at radius 2 is 1.19 bits per heavy atom. The highest BCUT2D eigenvalue weighted by Gasteiger charge is 2.22. The first kappa shape index (κ1) is 31.7. The maximum atomic E-state index is 6.73. The van der Waals surface area contributed by atoms with Crippen molar-refractivity contribution in [3.63, 3.8) is 0 Å². The van der Waals surface area contributed by atoms with Crippen molar-refractivity contribution in [3.05, 3.63) is 175 Å². The largest absolute Gasteiger partial charge is 0.456 e. The van der Waals surface area contributed by atoms with E-state index in [2.05, 4.69) is 102 Å². The van der Waals surface area contributed by atoms with Gasteiger partial charge in [0.15, 0.2) is 17.5 Å². The third kappa shape index (κ3) is 5.00. The van der Waals surface area contributed by atoms with Crippen molar-refractivity contribution in [2.24, 2.45) is 0 Å². The summed E-state index contributed by atoms with van der Waals surface area (Å²) in [4.78, 5) is 14.9. The number of hydrogen-bond donors (Lipinski definition) is 0. The predicted octanol–water partition coefficient (Wildman–Crippen LogP) is 13.2. The van der Waals surface area contributed by atoms with Crippen LogP contribution in [0.5, 0.6) is 0 Å². The van der Waals surface area contributed by atoms with Crippen LogP contribution in [0.3, 0.4) is 0 Å².